The van der Waals surface area contributed by atoms with Gasteiger partial charge in [-0.25, -0.2) is 8.42 Å². The number of guanidine groups is 1. The second-order valence-electron chi connectivity index (χ2n) is 7.55. The van der Waals surface area contributed by atoms with E-state index in [9.17, 15) is 8.42 Å². The third-order valence-corrected chi connectivity index (χ3v) is 7.37. The molecule has 0 atom stereocenters. The third-order valence-electron chi connectivity index (χ3n) is 5.45. The number of rotatable bonds is 7. The van der Waals surface area contributed by atoms with E-state index in [1.807, 2.05) is 30.3 Å². The number of nitrogens with zero attached hydrogens (tertiary/aromatic N) is 2. The van der Waals surface area contributed by atoms with E-state index < -0.39 is 10.0 Å². The minimum atomic E-state index is -3.37. The Labute approximate surface area is 183 Å². The van der Waals surface area contributed by atoms with E-state index in [2.05, 4.69) is 15.6 Å². The molecule has 1 saturated heterocycles. The number of benzene rings is 2. The number of nitrogens with one attached hydrogen (secondary N) is 2. The maximum atomic E-state index is 12.6. The van der Waals surface area contributed by atoms with Gasteiger partial charge >= 0.3 is 0 Å². The second kappa shape index (κ2) is 9.57. The minimum absolute atomic E-state index is 0.277. The van der Waals surface area contributed by atoms with Crippen LogP contribution in [-0.4, -0.2) is 52.2 Å². The second-order valence-corrected chi connectivity index (χ2v) is 9.48. The van der Waals surface area contributed by atoms with Crippen LogP contribution < -0.4 is 20.1 Å². The molecule has 0 saturated carbocycles. The van der Waals surface area contributed by atoms with Crippen LogP contribution in [0.1, 0.15) is 24.0 Å². The van der Waals surface area contributed by atoms with E-state index in [0.717, 1.165) is 41.9 Å². The van der Waals surface area contributed by atoms with Crippen molar-refractivity contribution in [3.63, 3.8) is 0 Å². The summed E-state index contributed by atoms with van der Waals surface area (Å²) in [5.74, 6) is 2.26. The molecule has 0 unspecified atom stereocenters. The smallest absolute Gasteiger partial charge is 0.243 e. The van der Waals surface area contributed by atoms with Gasteiger partial charge in [0.15, 0.2) is 17.5 Å². The Morgan fingerprint density at radius 2 is 1.71 bits per heavy atom. The van der Waals surface area contributed by atoms with Crippen LogP contribution >= 0.6 is 0 Å². The fourth-order valence-electron chi connectivity index (χ4n) is 3.68. The van der Waals surface area contributed by atoms with Crippen molar-refractivity contribution in [3.05, 3.63) is 53.6 Å². The van der Waals surface area contributed by atoms with Crippen LogP contribution in [0.25, 0.3) is 0 Å². The molecule has 166 valence electrons. The van der Waals surface area contributed by atoms with Crippen molar-refractivity contribution in [2.24, 2.45) is 4.99 Å². The summed E-state index contributed by atoms with van der Waals surface area (Å²) in [6.45, 7) is 2.76. The molecule has 0 aromatic heterocycles. The Hall–Kier alpha value is -2.78. The molecule has 0 aliphatic carbocycles. The molecule has 1 fully saturated rings. The first-order valence-corrected chi connectivity index (χ1v) is 11.9. The molecular weight excluding hydrogens is 416 g/mol. The van der Waals surface area contributed by atoms with Crippen molar-refractivity contribution in [3.8, 4) is 11.5 Å². The van der Waals surface area contributed by atoms with Gasteiger partial charge in [0.1, 0.15) is 0 Å². The Morgan fingerprint density at radius 3 is 2.45 bits per heavy atom. The number of ether oxygens (including phenoxy) is 2. The lowest BCUT2D eigenvalue weighted by molar-refractivity contribution is 0.174. The molecule has 31 heavy (non-hydrogen) atoms. The topological polar surface area (TPSA) is 92.3 Å². The number of aliphatic imine (C=N–C) groups is 1. The molecule has 8 nitrogen and oxygen atoms in total. The zero-order valence-corrected chi connectivity index (χ0v) is 18.5. The van der Waals surface area contributed by atoms with Crippen LogP contribution in [0.5, 0.6) is 11.5 Å². The van der Waals surface area contributed by atoms with Gasteiger partial charge in [-0.3, -0.25) is 4.99 Å². The van der Waals surface area contributed by atoms with E-state index in [4.69, 9.17) is 9.47 Å². The predicted octanol–water partition coefficient (Wildman–Crippen LogP) is 2.11. The summed E-state index contributed by atoms with van der Waals surface area (Å²) < 4.78 is 37.6. The van der Waals surface area contributed by atoms with Gasteiger partial charge in [0.25, 0.3) is 0 Å². The fourth-order valence-corrected chi connectivity index (χ4v) is 5.20. The molecule has 2 aliphatic rings. The SMILES string of the molecule is CN=C(NCCc1ccc2c(c1)OCO2)NCc1ccc(S(=O)(=O)N2CCCC2)cc1. The molecule has 0 spiro atoms. The highest BCUT2D eigenvalue weighted by molar-refractivity contribution is 7.89. The van der Waals surface area contributed by atoms with Gasteiger partial charge in [-0.05, 0) is 54.7 Å². The fraction of sp³-hybridized carbons (Fsp3) is 0.409. The molecule has 0 radical (unpaired) electrons. The zero-order valence-electron chi connectivity index (χ0n) is 17.6. The minimum Gasteiger partial charge on any atom is -0.454 e. The van der Waals surface area contributed by atoms with E-state index >= 15 is 0 Å². The molecule has 2 aromatic rings. The highest BCUT2D eigenvalue weighted by Crippen LogP contribution is 2.32. The first kappa shape index (κ1) is 21.5. The van der Waals surface area contributed by atoms with Crippen LogP contribution in [-0.2, 0) is 23.0 Å². The average Bonchev–Trinajstić information content (AvgIpc) is 3.48. The van der Waals surface area contributed by atoms with Crippen molar-refractivity contribution in [2.45, 2.75) is 30.7 Å². The first-order valence-electron chi connectivity index (χ1n) is 10.5. The van der Waals surface area contributed by atoms with Crippen molar-refractivity contribution in [1.82, 2.24) is 14.9 Å². The van der Waals surface area contributed by atoms with Crippen molar-refractivity contribution in [2.75, 3.05) is 33.5 Å². The van der Waals surface area contributed by atoms with Crippen LogP contribution in [0.3, 0.4) is 0 Å². The monoisotopic (exact) mass is 444 g/mol. The third kappa shape index (κ3) is 5.11. The molecule has 2 heterocycles. The average molecular weight is 445 g/mol. The highest BCUT2D eigenvalue weighted by atomic mass is 32.2. The molecular formula is C22H28N4O4S. The van der Waals surface area contributed by atoms with Gasteiger partial charge in [-0.15, -0.1) is 0 Å². The summed E-state index contributed by atoms with van der Waals surface area (Å²) in [5, 5.41) is 6.55. The lowest BCUT2D eigenvalue weighted by Gasteiger charge is -2.16. The molecule has 2 aromatic carbocycles. The highest BCUT2D eigenvalue weighted by Gasteiger charge is 2.26. The number of sulfonamides is 1. The normalized spacial score (nSPS) is 16.5. The summed E-state index contributed by atoms with van der Waals surface area (Å²) in [7, 11) is -1.65. The number of hydrogen-bond acceptors (Lipinski definition) is 5. The Kier molecular flexibility index (Phi) is 6.62. The quantitative estimate of drug-likeness (QED) is 0.502. The Bertz CT molecular complexity index is 1030. The van der Waals surface area contributed by atoms with Gasteiger partial charge in [0.2, 0.25) is 16.8 Å². The largest absolute Gasteiger partial charge is 0.454 e. The molecule has 2 aliphatic heterocycles. The van der Waals surface area contributed by atoms with E-state index in [0.29, 0.717) is 37.0 Å². The van der Waals surface area contributed by atoms with Crippen LogP contribution in [0.4, 0.5) is 0 Å². The van der Waals surface area contributed by atoms with Gasteiger partial charge in [0.05, 0.1) is 4.90 Å². The van der Waals surface area contributed by atoms with Gasteiger partial charge in [0, 0.05) is 33.2 Å². The standard InChI is InChI=1S/C22H28N4O4S/c1-23-22(24-11-10-17-6-9-20-21(14-17)30-16-29-20)25-15-18-4-7-19(8-5-18)31(27,28)26-12-2-3-13-26/h4-9,14H,2-3,10-13,15-16H2,1H3,(H2,23,24,25). The predicted molar refractivity (Wildman–Crippen MR) is 119 cm³/mol. The van der Waals surface area contributed by atoms with Crippen LogP contribution in [0, 0.1) is 0 Å². The first-order chi connectivity index (χ1) is 15.1. The summed E-state index contributed by atoms with van der Waals surface area (Å²) in [4.78, 5) is 4.60. The summed E-state index contributed by atoms with van der Waals surface area (Å²) >= 11 is 0. The van der Waals surface area contributed by atoms with Crippen LogP contribution in [0.15, 0.2) is 52.4 Å². The molecule has 0 amide bonds. The molecule has 9 heteroatoms. The van der Waals surface area contributed by atoms with E-state index in [1.165, 1.54) is 0 Å². The molecule has 4 rings (SSSR count). The molecule has 2 N–H and O–H groups in total. The summed E-state index contributed by atoms with van der Waals surface area (Å²) in [6.07, 6.45) is 2.68. The number of hydrogen-bond donors (Lipinski definition) is 2. The van der Waals surface area contributed by atoms with Crippen molar-refractivity contribution >= 4 is 16.0 Å². The van der Waals surface area contributed by atoms with Crippen molar-refractivity contribution in [1.29, 1.82) is 0 Å². The molecule has 0 bridgehead atoms. The maximum absolute atomic E-state index is 12.6. The lowest BCUT2D eigenvalue weighted by atomic mass is 10.1. The number of fused-ring (bicyclic) bond motifs is 1. The zero-order chi connectivity index (χ0) is 21.7. The van der Waals surface area contributed by atoms with Crippen LogP contribution in [0.2, 0.25) is 0 Å². The maximum Gasteiger partial charge on any atom is 0.243 e. The summed E-state index contributed by atoms with van der Waals surface area (Å²) in [6, 6.07) is 13.0. The van der Waals surface area contributed by atoms with Crippen molar-refractivity contribution < 1.29 is 17.9 Å². The van der Waals surface area contributed by atoms with Gasteiger partial charge in [-0.2, -0.15) is 4.31 Å². The van der Waals surface area contributed by atoms with E-state index in [1.54, 1.807) is 23.5 Å². The Balaban J connectivity index is 1.25. The summed E-state index contributed by atoms with van der Waals surface area (Å²) in [5.41, 5.74) is 2.14. The lowest BCUT2D eigenvalue weighted by Crippen LogP contribution is -2.37. The Morgan fingerprint density at radius 1 is 1.00 bits per heavy atom. The van der Waals surface area contributed by atoms with E-state index in [-0.39, 0.29) is 6.79 Å². The van der Waals surface area contributed by atoms with Gasteiger partial charge < -0.3 is 20.1 Å². The van der Waals surface area contributed by atoms with Gasteiger partial charge in [-0.1, -0.05) is 18.2 Å².